The van der Waals surface area contributed by atoms with E-state index in [0.717, 1.165) is 19.3 Å². The Balaban J connectivity index is 1.80. The molecule has 0 aromatic rings. The van der Waals surface area contributed by atoms with Crippen LogP contribution in [0.2, 0.25) is 0 Å². The summed E-state index contributed by atoms with van der Waals surface area (Å²) < 4.78 is 18.9. The third-order valence-corrected chi connectivity index (χ3v) is 7.30. The van der Waals surface area contributed by atoms with Gasteiger partial charge in [-0.1, -0.05) is 20.8 Å². The van der Waals surface area contributed by atoms with Gasteiger partial charge < -0.3 is 14.2 Å². The van der Waals surface area contributed by atoms with Crippen LogP contribution < -0.4 is 0 Å². The minimum Gasteiger partial charge on any atom is -0.350 e. The Kier molecular flexibility index (Phi) is 3.87. The van der Waals surface area contributed by atoms with Crippen molar-refractivity contribution in [3.8, 4) is 0 Å². The van der Waals surface area contributed by atoms with Gasteiger partial charge in [-0.25, -0.2) is 9.78 Å². The largest absolute Gasteiger partial charge is 0.350 e. The van der Waals surface area contributed by atoms with Crippen LogP contribution in [0.4, 0.5) is 0 Å². The van der Waals surface area contributed by atoms with Gasteiger partial charge in [0.1, 0.15) is 0 Å². The van der Waals surface area contributed by atoms with Gasteiger partial charge in [0.15, 0.2) is 18.2 Å². The van der Waals surface area contributed by atoms with Crippen molar-refractivity contribution in [2.45, 2.75) is 97.3 Å². The van der Waals surface area contributed by atoms with E-state index >= 15 is 0 Å². The first-order valence-electron chi connectivity index (χ1n) is 9.57. The first kappa shape index (κ1) is 17.2. The van der Waals surface area contributed by atoms with E-state index in [1.165, 1.54) is 6.42 Å². The van der Waals surface area contributed by atoms with Crippen LogP contribution in [0.3, 0.4) is 0 Å². The Morgan fingerprint density at radius 3 is 2.50 bits per heavy atom. The van der Waals surface area contributed by atoms with Gasteiger partial charge in [0.25, 0.3) is 0 Å². The predicted molar refractivity (Wildman–Crippen MR) is 87.7 cm³/mol. The average Bonchev–Trinajstić information content (AvgIpc) is 2.74. The lowest BCUT2D eigenvalue weighted by Gasteiger charge is -2.65. The molecule has 5 fully saturated rings. The van der Waals surface area contributed by atoms with Gasteiger partial charge in [0, 0.05) is 17.8 Å². The van der Waals surface area contributed by atoms with Crippen molar-refractivity contribution in [3.05, 3.63) is 0 Å². The molecule has 5 aliphatic rings. The molecular formula is C19H32O5. The first-order chi connectivity index (χ1) is 11.2. The Morgan fingerprint density at radius 1 is 1.04 bits per heavy atom. The quantitative estimate of drug-likeness (QED) is 0.711. The molecule has 0 aromatic carbocycles. The van der Waals surface area contributed by atoms with E-state index in [1.54, 1.807) is 0 Å². The molecule has 0 N–H and O–H groups in total. The molecule has 5 heteroatoms. The SMILES string of the molecule is CC(C)OC1O[C@@H]2O[C@@]3(C)CC[C@H]4[C@H](C)CC[C@@](C)([C@H]1C)[C@@]24OO3. The summed E-state index contributed by atoms with van der Waals surface area (Å²) in [4.78, 5) is 12.1. The van der Waals surface area contributed by atoms with Gasteiger partial charge in [0.2, 0.25) is 5.79 Å². The van der Waals surface area contributed by atoms with Crippen molar-refractivity contribution in [2.24, 2.45) is 23.2 Å². The minimum atomic E-state index is -0.725. The first-order valence-corrected chi connectivity index (χ1v) is 9.57. The zero-order valence-corrected chi connectivity index (χ0v) is 15.8. The van der Waals surface area contributed by atoms with Crippen LogP contribution >= 0.6 is 0 Å². The van der Waals surface area contributed by atoms with Crippen LogP contribution in [0, 0.1) is 23.2 Å². The summed E-state index contributed by atoms with van der Waals surface area (Å²) in [5.74, 6) is 0.442. The molecule has 0 radical (unpaired) electrons. The maximum atomic E-state index is 6.38. The van der Waals surface area contributed by atoms with E-state index in [-0.39, 0.29) is 23.7 Å². The highest BCUT2D eigenvalue weighted by molar-refractivity contribution is 5.14. The summed E-state index contributed by atoms with van der Waals surface area (Å²) in [6.45, 7) is 12.9. The zero-order chi connectivity index (χ0) is 17.3. The molecule has 5 rings (SSSR count). The monoisotopic (exact) mass is 340 g/mol. The standard InChI is InChI=1S/C19H32O5/c1-11(2)20-15-13(4)17(5)9-7-12(3)14-8-10-18(6)22-16(21-15)19(14,17)24-23-18/h11-16H,7-10H2,1-6H3/t12-,13+,14+,15?,16-,17+,18-,19+/m1/s1. The van der Waals surface area contributed by atoms with Crippen LogP contribution in [-0.2, 0) is 24.0 Å². The molecule has 0 amide bonds. The third kappa shape index (κ3) is 2.11. The number of ether oxygens (including phenoxy) is 3. The molecule has 0 aromatic heterocycles. The van der Waals surface area contributed by atoms with Crippen LogP contribution in [0.15, 0.2) is 0 Å². The van der Waals surface area contributed by atoms with Crippen LogP contribution in [-0.4, -0.2) is 30.1 Å². The molecule has 2 bridgehead atoms. The van der Waals surface area contributed by atoms with Crippen LogP contribution in [0.5, 0.6) is 0 Å². The molecular weight excluding hydrogens is 308 g/mol. The smallest absolute Gasteiger partial charge is 0.201 e. The van der Waals surface area contributed by atoms with Gasteiger partial charge in [-0.05, 0) is 51.9 Å². The highest BCUT2D eigenvalue weighted by atomic mass is 17.3. The fraction of sp³-hybridized carbons (Fsp3) is 1.00. The fourth-order valence-electron chi connectivity index (χ4n) is 5.59. The normalized spacial score (nSPS) is 56.9. The second-order valence-corrected chi connectivity index (χ2v) is 9.10. The summed E-state index contributed by atoms with van der Waals surface area (Å²) in [7, 11) is 0. The van der Waals surface area contributed by atoms with Gasteiger partial charge in [-0.2, -0.15) is 0 Å². The molecule has 4 heterocycles. The molecule has 4 aliphatic heterocycles. The van der Waals surface area contributed by atoms with Crippen LogP contribution in [0.1, 0.15) is 67.2 Å². The third-order valence-electron chi connectivity index (χ3n) is 7.30. The topological polar surface area (TPSA) is 46.2 Å². The van der Waals surface area contributed by atoms with E-state index in [9.17, 15) is 0 Å². The Hall–Kier alpha value is -0.200. The minimum absolute atomic E-state index is 0.0989. The van der Waals surface area contributed by atoms with Crippen molar-refractivity contribution in [3.63, 3.8) is 0 Å². The Bertz CT molecular complexity index is 510. The number of hydrogen-bond acceptors (Lipinski definition) is 5. The molecule has 24 heavy (non-hydrogen) atoms. The summed E-state index contributed by atoms with van der Waals surface area (Å²) in [6.07, 6.45) is 3.58. The maximum absolute atomic E-state index is 6.38. The number of hydrogen-bond donors (Lipinski definition) is 0. The van der Waals surface area contributed by atoms with Crippen LogP contribution in [0.25, 0.3) is 0 Å². The lowest BCUT2D eigenvalue weighted by Crippen LogP contribution is -2.74. The second-order valence-electron chi connectivity index (χ2n) is 9.10. The zero-order valence-electron chi connectivity index (χ0n) is 15.8. The van der Waals surface area contributed by atoms with Crippen molar-refractivity contribution in [2.75, 3.05) is 0 Å². The van der Waals surface area contributed by atoms with E-state index in [1.807, 2.05) is 6.92 Å². The summed E-state index contributed by atoms with van der Waals surface area (Å²) >= 11 is 0. The fourth-order valence-corrected chi connectivity index (χ4v) is 5.59. The van der Waals surface area contributed by atoms with Crippen molar-refractivity contribution in [1.82, 2.24) is 0 Å². The summed E-state index contributed by atoms with van der Waals surface area (Å²) in [5.41, 5.74) is -0.644. The van der Waals surface area contributed by atoms with Crippen molar-refractivity contribution < 1.29 is 24.0 Å². The van der Waals surface area contributed by atoms with E-state index in [0.29, 0.717) is 11.8 Å². The average molecular weight is 340 g/mol. The van der Waals surface area contributed by atoms with Gasteiger partial charge in [-0.3, -0.25) is 0 Å². The molecule has 4 saturated heterocycles. The molecule has 1 unspecified atom stereocenters. The highest BCUT2D eigenvalue weighted by Crippen LogP contribution is 2.66. The lowest BCUT2D eigenvalue weighted by molar-refractivity contribution is -0.588. The van der Waals surface area contributed by atoms with E-state index < -0.39 is 17.7 Å². The molecule has 1 aliphatic carbocycles. The van der Waals surface area contributed by atoms with Crippen molar-refractivity contribution in [1.29, 1.82) is 0 Å². The molecule has 1 spiro atoms. The van der Waals surface area contributed by atoms with E-state index in [2.05, 4.69) is 34.6 Å². The summed E-state index contributed by atoms with van der Waals surface area (Å²) in [6, 6.07) is 0. The van der Waals surface area contributed by atoms with Gasteiger partial charge in [0.05, 0.1) is 6.10 Å². The Labute approximate surface area is 145 Å². The van der Waals surface area contributed by atoms with Crippen molar-refractivity contribution >= 4 is 0 Å². The molecule has 5 nitrogen and oxygen atoms in total. The van der Waals surface area contributed by atoms with E-state index in [4.69, 9.17) is 24.0 Å². The predicted octanol–water partition coefficient (Wildman–Crippen LogP) is 4.01. The number of rotatable bonds is 2. The number of fused-ring (bicyclic) bond motifs is 2. The maximum Gasteiger partial charge on any atom is 0.201 e. The second kappa shape index (κ2) is 5.40. The lowest BCUT2D eigenvalue weighted by atomic mass is 9.50. The Morgan fingerprint density at radius 2 is 1.79 bits per heavy atom. The molecule has 1 saturated carbocycles. The highest BCUT2D eigenvalue weighted by Gasteiger charge is 2.74. The molecule has 8 atom stereocenters. The van der Waals surface area contributed by atoms with Gasteiger partial charge >= 0.3 is 0 Å². The summed E-state index contributed by atoms with van der Waals surface area (Å²) in [5, 5.41) is 0. The molecule has 138 valence electrons. The van der Waals surface area contributed by atoms with Gasteiger partial charge in [-0.15, -0.1) is 0 Å².